The number of benzene rings is 7. The number of rotatable bonds is 4. The fourth-order valence-electron chi connectivity index (χ4n) is 8.02. The van der Waals surface area contributed by atoms with Gasteiger partial charge >= 0.3 is 11.9 Å². The van der Waals surface area contributed by atoms with Gasteiger partial charge in [-0.15, -0.1) is 0 Å². The molecule has 3 aliphatic rings. The van der Waals surface area contributed by atoms with Gasteiger partial charge in [-0.3, -0.25) is 28.5 Å². The van der Waals surface area contributed by atoms with Gasteiger partial charge in [0.15, 0.2) is 23.1 Å². The van der Waals surface area contributed by atoms with Crippen LogP contribution in [0.1, 0.15) is 85.3 Å². The molecule has 0 radical (unpaired) electrons. The SMILES string of the molecule is O=C(O)c1ccccc1C1=C(O)c2ccccc2C1=O.O=C(O)c1ccccc1I.O=C1CC(=O)c2ccccc21.O=C1c2ccccc2-c2c1c1ccccc1c(=O)n2-c1ccccc1. The molecule has 0 amide bonds. The standard InChI is InChI=1S/C22H13NO2.C16H10O4.C9H6O2.C7H5IO2/c24-21-17-12-6-5-11-16(17)20-19(21)15-10-4-7-13-18(15)22(25)23(20)14-8-2-1-3-9-14;17-14-10-6-2-3-7-11(10)15(18)13(14)9-5-1-4-8-12(9)16(19)20;10-8-5-9(11)7-4-2-1-3-6(7)8;8-6-4-2-1-3-5(6)7(9)10/h1-13H;1-8,17H,(H,19,20);1-4H,5H2;1-4H,(H,9,10). The van der Waals surface area contributed by atoms with E-state index in [0.717, 1.165) is 20.2 Å². The van der Waals surface area contributed by atoms with E-state index in [0.29, 0.717) is 50.0 Å². The van der Waals surface area contributed by atoms with Crippen LogP contribution in [0.4, 0.5) is 0 Å². The number of carboxylic acid groups (broad SMARTS) is 2. The summed E-state index contributed by atoms with van der Waals surface area (Å²) in [5.74, 6) is -2.65. The van der Waals surface area contributed by atoms with Gasteiger partial charge in [-0.1, -0.05) is 140 Å². The smallest absolute Gasteiger partial charge is 0.336 e. The Hall–Kier alpha value is -8.36. The summed E-state index contributed by atoms with van der Waals surface area (Å²) >= 11 is 1.99. The maximum Gasteiger partial charge on any atom is 0.336 e. The monoisotopic (exact) mass is 983 g/mol. The first-order chi connectivity index (χ1) is 31.9. The van der Waals surface area contributed by atoms with Gasteiger partial charge < -0.3 is 15.3 Å². The number of aliphatic hydroxyl groups excluding tert-OH is 1. The first-order valence-corrected chi connectivity index (χ1v) is 21.4. The van der Waals surface area contributed by atoms with Gasteiger partial charge in [-0.25, -0.2) is 9.59 Å². The highest BCUT2D eigenvalue weighted by atomic mass is 127. The normalized spacial score (nSPS) is 12.7. The lowest BCUT2D eigenvalue weighted by atomic mass is 9.97. The molecule has 11 nitrogen and oxygen atoms in total. The number of nitrogens with zero attached hydrogens (tertiary/aromatic N) is 1. The van der Waals surface area contributed by atoms with Crippen molar-refractivity contribution in [3.05, 3.63) is 240 Å². The minimum absolute atomic E-state index is 0.00444. The van der Waals surface area contributed by atoms with Crippen LogP contribution in [0.25, 0.3) is 39.0 Å². The number of halogens is 1. The van der Waals surface area contributed by atoms with E-state index in [9.17, 15) is 43.8 Å². The highest BCUT2D eigenvalue weighted by Crippen LogP contribution is 2.40. The average molecular weight is 984 g/mol. The molecule has 0 aliphatic heterocycles. The molecule has 7 aromatic carbocycles. The number of carboxylic acids is 2. The van der Waals surface area contributed by atoms with Crippen molar-refractivity contribution in [3.63, 3.8) is 0 Å². The average Bonchev–Trinajstić information content (AvgIpc) is 3.90. The van der Waals surface area contributed by atoms with Crippen molar-refractivity contribution in [1.82, 2.24) is 4.57 Å². The van der Waals surface area contributed by atoms with Crippen LogP contribution >= 0.6 is 22.6 Å². The number of hydrogen-bond acceptors (Lipinski definition) is 8. The third-order valence-corrected chi connectivity index (χ3v) is 12.0. The van der Waals surface area contributed by atoms with Gasteiger partial charge in [-0.05, 0) is 59.0 Å². The molecule has 12 heteroatoms. The minimum atomic E-state index is -1.13. The fourth-order valence-corrected chi connectivity index (χ4v) is 8.64. The highest BCUT2D eigenvalue weighted by molar-refractivity contribution is 14.1. The highest BCUT2D eigenvalue weighted by Gasteiger charge is 2.34. The summed E-state index contributed by atoms with van der Waals surface area (Å²) in [6, 6.07) is 51.0. The van der Waals surface area contributed by atoms with Crippen LogP contribution in [0, 0.1) is 3.57 Å². The number of ketones is 4. The topological polar surface area (TPSA) is 185 Å². The lowest BCUT2D eigenvalue weighted by Crippen LogP contribution is -2.21. The third-order valence-electron chi connectivity index (χ3n) is 11.0. The molecule has 0 bridgehead atoms. The number of para-hydroxylation sites is 1. The molecule has 11 rings (SSSR count). The zero-order valence-corrected chi connectivity index (χ0v) is 36.6. The minimum Gasteiger partial charge on any atom is -0.507 e. The molecule has 3 N–H and O–H groups in total. The van der Waals surface area contributed by atoms with E-state index in [2.05, 4.69) is 0 Å². The quantitative estimate of drug-likeness (QED) is 0.113. The van der Waals surface area contributed by atoms with Crippen LogP contribution in [0.15, 0.2) is 181 Å². The summed E-state index contributed by atoms with van der Waals surface area (Å²) in [7, 11) is 0. The van der Waals surface area contributed by atoms with E-state index in [1.165, 1.54) is 12.1 Å². The van der Waals surface area contributed by atoms with Gasteiger partial charge in [0.05, 0.1) is 34.4 Å². The molecule has 0 unspecified atom stereocenters. The second-order valence-corrected chi connectivity index (χ2v) is 16.1. The second-order valence-electron chi connectivity index (χ2n) is 14.9. The van der Waals surface area contributed by atoms with E-state index in [1.807, 2.05) is 101 Å². The molecule has 66 heavy (non-hydrogen) atoms. The first kappa shape index (κ1) is 44.3. The number of allylic oxidation sites excluding steroid dienone is 1. The van der Waals surface area contributed by atoms with Crippen LogP contribution in [-0.2, 0) is 0 Å². The molecular formula is C54H34INO10. The summed E-state index contributed by atoms with van der Waals surface area (Å²) in [6.45, 7) is 0. The molecular weight excluding hydrogens is 949 g/mol. The summed E-state index contributed by atoms with van der Waals surface area (Å²) in [6.07, 6.45) is 0.0549. The molecule has 1 aromatic heterocycles. The van der Waals surface area contributed by atoms with Crippen molar-refractivity contribution in [1.29, 1.82) is 0 Å². The number of hydrogen-bond donors (Lipinski definition) is 3. The van der Waals surface area contributed by atoms with Gasteiger partial charge in [0.2, 0.25) is 0 Å². The molecule has 322 valence electrons. The van der Waals surface area contributed by atoms with Crippen molar-refractivity contribution >= 4 is 79.8 Å². The van der Waals surface area contributed by atoms with E-state index < -0.39 is 11.9 Å². The Morgan fingerprint density at radius 1 is 0.455 bits per heavy atom. The summed E-state index contributed by atoms with van der Waals surface area (Å²) in [4.78, 5) is 82.5. The van der Waals surface area contributed by atoms with E-state index in [4.69, 9.17) is 5.11 Å². The van der Waals surface area contributed by atoms with Gasteiger partial charge in [0, 0.05) is 59.0 Å². The predicted molar refractivity (Wildman–Crippen MR) is 258 cm³/mol. The molecule has 0 spiro atoms. The Labute approximate surface area is 389 Å². The Balaban J connectivity index is 0.000000128. The summed E-state index contributed by atoms with van der Waals surface area (Å²) in [5, 5.41) is 29.3. The van der Waals surface area contributed by atoms with Crippen LogP contribution < -0.4 is 5.56 Å². The molecule has 0 fully saturated rings. The summed E-state index contributed by atoms with van der Waals surface area (Å²) in [5.41, 5.74) is 6.05. The number of aromatic carboxylic acids is 2. The van der Waals surface area contributed by atoms with Crippen LogP contribution in [0.3, 0.4) is 0 Å². The summed E-state index contributed by atoms with van der Waals surface area (Å²) < 4.78 is 2.44. The van der Waals surface area contributed by atoms with Crippen molar-refractivity contribution in [3.8, 4) is 16.9 Å². The zero-order chi connectivity index (χ0) is 46.6. The molecule has 3 aliphatic carbocycles. The number of Topliss-reactive ketones (excluding diaryl/α,β-unsaturated/α-hetero) is 3. The van der Waals surface area contributed by atoms with Crippen molar-refractivity contribution < 1.29 is 44.1 Å². The second kappa shape index (κ2) is 18.8. The van der Waals surface area contributed by atoms with Gasteiger partial charge in [-0.2, -0.15) is 0 Å². The van der Waals surface area contributed by atoms with E-state index >= 15 is 0 Å². The van der Waals surface area contributed by atoms with Gasteiger partial charge in [0.1, 0.15) is 5.76 Å². The lowest BCUT2D eigenvalue weighted by molar-refractivity contribution is 0.0685. The number of carbonyl (C=O) groups is 6. The number of fused-ring (bicyclic) bond motifs is 7. The molecule has 0 atom stereocenters. The van der Waals surface area contributed by atoms with Gasteiger partial charge in [0.25, 0.3) is 5.56 Å². The maximum absolute atomic E-state index is 13.3. The predicted octanol–water partition coefficient (Wildman–Crippen LogP) is 10.7. The number of carbonyl (C=O) groups excluding carboxylic acids is 4. The Morgan fingerprint density at radius 3 is 1.44 bits per heavy atom. The lowest BCUT2D eigenvalue weighted by Gasteiger charge is -2.15. The largest absolute Gasteiger partial charge is 0.507 e. The molecule has 0 saturated heterocycles. The first-order valence-electron chi connectivity index (χ1n) is 20.3. The molecule has 1 heterocycles. The maximum atomic E-state index is 13.3. The number of pyridine rings is 1. The van der Waals surface area contributed by atoms with Crippen LogP contribution in [-0.4, -0.2) is 55.0 Å². The van der Waals surface area contributed by atoms with Crippen molar-refractivity contribution in [2.75, 3.05) is 0 Å². The fraction of sp³-hybridized carbons (Fsp3) is 0.0185. The number of aliphatic hydroxyl groups is 1. The van der Waals surface area contributed by atoms with E-state index in [-0.39, 0.29) is 57.6 Å². The Kier molecular flexibility index (Phi) is 12.6. The Bertz CT molecular complexity index is 3390. The zero-order valence-electron chi connectivity index (χ0n) is 34.5. The third kappa shape index (κ3) is 8.28. The molecule has 0 saturated carbocycles. The van der Waals surface area contributed by atoms with Crippen LogP contribution in [0.2, 0.25) is 0 Å². The van der Waals surface area contributed by atoms with Crippen LogP contribution in [0.5, 0.6) is 0 Å². The van der Waals surface area contributed by atoms with Crippen molar-refractivity contribution in [2.24, 2.45) is 0 Å². The number of aromatic nitrogens is 1. The molecule has 8 aromatic rings. The van der Waals surface area contributed by atoms with Crippen molar-refractivity contribution in [2.45, 2.75) is 6.42 Å². The van der Waals surface area contributed by atoms with E-state index in [1.54, 1.807) is 89.5 Å². The Morgan fingerprint density at radius 2 is 0.894 bits per heavy atom.